The molecule has 0 heterocycles. The first-order valence-corrected chi connectivity index (χ1v) is 8.43. The molecule has 2 rings (SSSR count). The van der Waals surface area contributed by atoms with Crippen LogP contribution in [-0.4, -0.2) is 8.42 Å². The Morgan fingerprint density at radius 1 is 1.09 bits per heavy atom. The maximum absolute atomic E-state index is 12.1. The zero-order valence-corrected chi connectivity index (χ0v) is 13.8. The molecule has 0 aromatic heterocycles. The Labute approximate surface area is 137 Å². The second kappa shape index (κ2) is 6.75. The topological polar surface area (TPSA) is 82.0 Å². The van der Waals surface area contributed by atoms with E-state index >= 15 is 0 Å². The summed E-state index contributed by atoms with van der Waals surface area (Å²) in [4.78, 5) is 2.40. The Bertz CT molecular complexity index is 823. The lowest BCUT2D eigenvalue weighted by Gasteiger charge is -2.12. The van der Waals surface area contributed by atoms with Gasteiger partial charge in [0.25, 0.3) is 10.0 Å². The molecule has 0 atom stereocenters. The monoisotopic (exact) mass is 377 g/mol. The van der Waals surface area contributed by atoms with Crippen molar-refractivity contribution in [2.45, 2.75) is 4.90 Å². The number of benzene rings is 2. The van der Waals surface area contributed by atoms with Crippen molar-refractivity contribution < 1.29 is 8.42 Å². The summed E-state index contributed by atoms with van der Waals surface area (Å²) in [6.45, 7) is 3.76. The first-order valence-electron chi connectivity index (χ1n) is 6.15. The minimum atomic E-state index is -3.69. The second-order valence-electron chi connectivity index (χ2n) is 4.35. The van der Waals surface area contributed by atoms with Crippen LogP contribution in [0.5, 0.6) is 0 Å². The van der Waals surface area contributed by atoms with Crippen molar-refractivity contribution in [1.82, 2.24) is 10.3 Å². The Hall–Kier alpha value is -2.14. The largest absolute Gasteiger partial charge is 0.308 e. The second-order valence-corrected chi connectivity index (χ2v) is 6.95. The summed E-state index contributed by atoms with van der Waals surface area (Å²) >= 11 is 3.25. The number of sulfonamides is 1. The lowest BCUT2D eigenvalue weighted by Crippen LogP contribution is -2.35. The Balaban J connectivity index is 2.06. The molecule has 0 aliphatic carbocycles. The summed E-state index contributed by atoms with van der Waals surface area (Å²) in [5.74, 6) is 0. The lowest BCUT2D eigenvalue weighted by atomic mass is 10.1. The molecule has 0 aliphatic rings. The molecule has 0 fully saturated rings. The molecule has 112 valence electrons. The van der Waals surface area contributed by atoms with Crippen LogP contribution in [0.2, 0.25) is 0 Å². The van der Waals surface area contributed by atoms with Crippen LogP contribution in [0.1, 0.15) is 11.1 Å². The van der Waals surface area contributed by atoms with Crippen molar-refractivity contribution in [3.05, 3.63) is 70.7 Å². The summed E-state index contributed by atoms with van der Waals surface area (Å²) in [6, 6.07) is 14.9. The van der Waals surface area contributed by atoms with E-state index in [0.29, 0.717) is 16.8 Å². The summed E-state index contributed by atoms with van der Waals surface area (Å²) in [7, 11) is -3.69. The quantitative estimate of drug-likeness (QED) is 0.784. The van der Waals surface area contributed by atoms with Gasteiger partial charge in [-0.3, -0.25) is 0 Å². The molecule has 2 aromatic rings. The van der Waals surface area contributed by atoms with E-state index in [9.17, 15) is 8.42 Å². The van der Waals surface area contributed by atoms with E-state index in [4.69, 9.17) is 5.26 Å². The van der Waals surface area contributed by atoms with Crippen LogP contribution < -0.4 is 10.3 Å². The van der Waals surface area contributed by atoms with Crippen LogP contribution in [0.3, 0.4) is 0 Å². The predicted octanol–water partition coefficient (Wildman–Crippen LogP) is 2.77. The van der Waals surface area contributed by atoms with Gasteiger partial charge in [-0.1, -0.05) is 34.6 Å². The van der Waals surface area contributed by atoms with Crippen LogP contribution >= 0.6 is 15.9 Å². The molecule has 0 aliphatic heterocycles. The molecule has 5 nitrogen and oxygen atoms in total. The molecule has 7 heteroatoms. The van der Waals surface area contributed by atoms with Gasteiger partial charge < -0.3 is 5.43 Å². The van der Waals surface area contributed by atoms with Crippen molar-refractivity contribution in [3.8, 4) is 6.07 Å². The molecule has 0 bridgehead atoms. The van der Waals surface area contributed by atoms with Gasteiger partial charge in [0.2, 0.25) is 0 Å². The number of hydrazine groups is 1. The minimum absolute atomic E-state index is 0.135. The Morgan fingerprint density at radius 2 is 1.68 bits per heavy atom. The third kappa shape index (κ3) is 3.95. The number of hydrogen-bond acceptors (Lipinski definition) is 4. The van der Waals surface area contributed by atoms with Gasteiger partial charge in [0.15, 0.2) is 0 Å². The fraction of sp³-hybridized carbons (Fsp3) is 0. The van der Waals surface area contributed by atoms with Crippen molar-refractivity contribution in [3.63, 3.8) is 0 Å². The fourth-order valence-electron chi connectivity index (χ4n) is 1.62. The minimum Gasteiger partial charge on any atom is -0.308 e. The molecule has 2 aromatic carbocycles. The highest BCUT2D eigenvalue weighted by atomic mass is 79.9. The van der Waals surface area contributed by atoms with Gasteiger partial charge in [-0.2, -0.15) is 5.26 Å². The van der Waals surface area contributed by atoms with Crippen LogP contribution in [0.15, 0.2) is 64.5 Å². The molecule has 0 radical (unpaired) electrons. The Morgan fingerprint density at radius 3 is 2.23 bits per heavy atom. The van der Waals surface area contributed by atoms with Crippen LogP contribution in [0, 0.1) is 11.3 Å². The van der Waals surface area contributed by atoms with E-state index in [-0.39, 0.29) is 4.90 Å². The smallest absolute Gasteiger partial charge is 0.257 e. The van der Waals surface area contributed by atoms with Gasteiger partial charge in [-0.15, -0.1) is 4.83 Å². The van der Waals surface area contributed by atoms with Gasteiger partial charge in [-0.25, -0.2) is 8.42 Å². The van der Waals surface area contributed by atoms with Crippen molar-refractivity contribution in [2.75, 3.05) is 0 Å². The van der Waals surface area contributed by atoms with Crippen LogP contribution in [0.25, 0.3) is 5.70 Å². The van der Waals surface area contributed by atoms with Crippen molar-refractivity contribution in [1.29, 1.82) is 5.26 Å². The maximum Gasteiger partial charge on any atom is 0.257 e. The predicted molar refractivity (Wildman–Crippen MR) is 87.8 cm³/mol. The van der Waals surface area contributed by atoms with E-state index in [2.05, 4.69) is 32.8 Å². The molecule has 0 saturated carbocycles. The number of hydrogen-bond donors (Lipinski definition) is 2. The molecule has 0 unspecified atom stereocenters. The average Bonchev–Trinajstić information content (AvgIpc) is 2.53. The van der Waals surface area contributed by atoms with Gasteiger partial charge >= 0.3 is 0 Å². The highest BCUT2D eigenvalue weighted by molar-refractivity contribution is 9.10. The van der Waals surface area contributed by atoms with Gasteiger partial charge in [0, 0.05) is 10.2 Å². The number of halogens is 1. The highest BCUT2D eigenvalue weighted by Gasteiger charge is 2.13. The van der Waals surface area contributed by atoms with E-state index in [0.717, 1.165) is 4.47 Å². The van der Waals surface area contributed by atoms with E-state index in [1.165, 1.54) is 12.1 Å². The van der Waals surface area contributed by atoms with Crippen molar-refractivity contribution in [2.24, 2.45) is 0 Å². The molecule has 2 N–H and O–H groups in total. The molecule has 0 spiro atoms. The first kappa shape index (κ1) is 16.2. The molecule has 22 heavy (non-hydrogen) atoms. The maximum atomic E-state index is 12.1. The summed E-state index contributed by atoms with van der Waals surface area (Å²) in [5, 5.41) is 8.74. The molecular weight excluding hydrogens is 366 g/mol. The molecule has 0 amide bonds. The molecular formula is C15H12BrN3O2S. The first-order chi connectivity index (χ1) is 10.4. The summed E-state index contributed by atoms with van der Waals surface area (Å²) in [6.07, 6.45) is 0. The Kier molecular flexibility index (Phi) is 4.98. The normalized spacial score (nSPS) is 10.7. The van der Waals surface area contributed by atoms with E-state index < -0.39 is 10.0 Å². The SMILES string of the molecule is C=C(NNS(=O)(=O)c1ccc(Br)cc1)c1ccc(C#N)cc1. The van der Waals surface area contributed by atoms with Gasteiger partial charge in [0.1, 0.15) is 0 Å². The van der Waals surface area contributed by atoms with Crippen LogP contribution in [0.4, 0.5) is 0 Å². The zero-order chi connectivity index (χ0) is 16.2. The van der Waals surface area contributed by atoms with E-state index in [1.807, 2.05) is 6.07 Å². The average molecular weight is 378 g/mol. The summed E-state index contributed by atoms with van der Waals surface area (Å²) in [5.41, 5.74) is 4.14. The standard InChI is InChI=1S/C15H12BrN3O2S/c1-11(13-4-2-12(10-17)3-5-13)18-19-22(20,21)15-8-6-14(16)7-9-15/h2-9,18-19H,1H2. The number of nitrogens with one attached hydrogen (secondary N) is 2. The highest BCUT2D eigenvalue weighted by Crippen LogP contribution is 2.15. The number of rotatable bonds is 5. The molecule has 0 saturated heterocycles. The third-order valence-electron chi connectivity index (χ3n) is 2.82. The number of nitriles is 1. The number of nitrogens with zero attached hydrogens (tertiary/aromatic N) is 1. The van der Waals surface area contributed by atoms with Crippen molar-refractivity contribution >= 4 is 31.7 Å². The fourth-order valence-corrected chi connectivity index (χ4v) is 2.75. The summed E-state index contributed by atoms with van der Waals surface area (Å²) < 4.78 is 25.0. The third-order valence-corrected chi connectivity index (χ3v) is 4.61. The van der Waals surface area contributed by atoms with Gasteiger partial charge in [-0.05, 0) is 42.0 Å². The van der Waals surface area contributed by atoms with E-state index in [1.54, 1.807) is 36.4 Å². The zero-order valence-electron chi connectivity index (χ0n) is 11.4. The van der Waals surface area contributed by atoms with Crippen LogP contribution in [-0.2, 0) is 10.0 Å². The van der Waals surface area contributed by atoms with Gasteiger partial charge in [0.05, 0.1) is 16.5 Å². The lowest BCUT2D eigenvalue weighted by molar-refractivity contribution is 0.576.